The Balaban J connectivity index is 1.65. The van der Waals surface area contributed by atoms with Crippen molar-refractivity contribution in [2.24, 2.45) is 16.8 Å². The lowest BCUT2D eigenvalue weighted by Crippen LogP contribution is -2.57. The molecule has 1 aliphatic heterocycles. The molecule has 0 spiro atoms. The summed E-state index contributed by atoms with van der Waals surface area (Å²) >= 11 is 0. The van der Waals surface area contributed by atoms with E-state index in [4.69, 9.17) is 9.73 Å². The van der Waals surface area contributed by atoms with Gasteiger partial charge in [0.2, 0.25) is 5.78 Å². The Morgan fingerprint density at radius 3 is 2.53 bits per heavy atom. The monoisotopic (exact) mass is 510 g/mol. The Morgan fingerprint density at radius 2 is 1.86 bits per heavy atom. The number of nitrogens with zero attached hydrogens (tertiary/aromatic N) is 2. The summed E-state index contributed by atoms with van der Waals surface area (Å²) in [6.07, 6.45) is 2.97. The van der Waals surface area contributed by atoms with Crippen LogP contribution in [0.1, 0.15) is 43.5 Å². The van der Waals surface area contributed by atoms with Gasteiger partial charge in [-0.3, -0.25) is 9.79 Å². The molecule has 8 nitrogen and oxygen atoms in total. The number of hydrogen-bond donors (Lipinski definition) is 2. The van der Waals surface area contributed by atoms with Gasteiger partial charge in [0.25, 0.3) is 10.0 Å². The lowest BCUT2D eigenvalue weighted by atomic mass is 9.61. The van der Waals surface area contributed by atoms with Crippen molar-refractivity contribution in [1.82, 2.24) is 3.97 Å². The first-order valence-electron chi connectivity index (χ1n) is 12.0. The highest BCUT2D eigenvalue weighted by Crippen LogP contribution is 2.47. The van der Waals surface area contributed by atoms with Crippen molar-refractivity contribution < 1.29 is 28.2 Å². The van der Waals surface area contributed by atoms with Crippen LogP contribution in [-0.4, -0.2) is 59.0 Å². The quantitative estimate of drug-likeness (QED) is 0.491. The third-order valence-electron chi connectivity index (χ3n) is 7.88. The van der Waals surface area contributed by atoms with E-state index in [1.165, 1.54) is 25.4 Å². The number of ether oxygens (including phenoxy) is 1. The fourth-order valence-corrected chi connectivity index (χ4v) is 7.00. The summed E-state index contributed by atoms with van der Waals surface area (Å²) in [6, 6.07) is 12.9. The largest absolute Gasteiger partial charge is 0.497 e. The van der Waals surface area contributed by atoms with Crippen LogP contribution in [-0.2, 0) is 10.0 Å². The van der Waals surface area contributed by atoms with Crippen LogP contribution in [0.4, 0.5) is 0 Å². The predicted molar refractivity (Wildman–Crippen MR) is 136 cm³/mol. The highest BCUT2D eigenvalue weighted by atomic mass is 32.2. The molecule has 1 saturated carbocycles. The van der Waals surface area contributed by atoms with Crippen molar-refractivity contribution in [3.63, 3.8) is 0 Å². The molecule has 190 valence electrons. The van der Waals surface area contributed by atoms with E-state index in [2.05, 4.69) is 0 Å². The van der Waals surface area contributed by atoms with Crippen LogP contribution in [0.15, 0.2) is 64.6 Å². The van der Waals surface area contributed by atoms with Gasteiger partial charge in [0.05, 0.1) is 46.5 Å². The molecule has 2 N–H and O–H groups in total. The molecule has 2 heterocycles. The number of aromatic nitrogens is 1. The number of benzene rings is 2. The van der Waals surface area contributed by atoms with Crippen LogP contribution in [0.3, 0.4) is 0 Å². The van der Waals surface area contributed by atoms with E-state index in [1.807, 2.05) is 13.8 Å². The first-order valence-corrected chi connectivity index (χ1v) is 13.4. The Hall–Kier alpha value is -3.01. The average molecular weight is 511 g/mol. The van der Waals surface area contributed by atoms with E-state index in [-0.39, 0.29) is 22.1 Å². The summed E-state index contributed by atoms with van der Waals surface area (Å²) in [7, 11) is -2.52. The second-order valence-electron chi connectivity index (χ2n) is 10.3. The molecule has 1 aromatic heterocycles. The molecule has 0 amide bonds. The highest BCUT2D eigenvalue weighted by molar-refractivity contribution is 7.90. The summed E-state index contributed by atoms with van der Waals surface area (Å²) in [6.45, 7) is 3.48. The number of para-hydroxylation sites is 1. The number of fused-ring (bicyclic) bond motifs is 3. The molecule has 0 radical (unpaired) electrons. The fourth-order valence-electron chi connectivity index (χ4n) is 5.63. The van der Waals surface area contributed by atoms with E-state index in [0.717, 1.165) is 3.97 Å². The SMILES string of the molecule is COc1ccc(S(=O)(=O)n2cc(C(=O)C3=NC(C)(C)[C@H]4CC[C@@](O)(CO)[C@@H]3C4)c3ccccc32)cc1. The molecule has 2 aliphatic rings. The normalized spacial score (nSPS) is 25.4. The van der Waals surface area contributed by atoms with E-state index < -0.39 is 39.5 Å². The van der Waals surface area contributed by atoms with Crippen LogP contribution in [0, 0.1) is 11.8 Å². The number of carbonyl (C=O) groups is 1. The van der Waals surface area contributed by atoms with Crippen molar-refractivity contribution in [2.45, 2.75) is 49.1 Å². The molecule has 2 aromatic carbocycles. The molecule has 0 saturated heterocycles. The highest BCUT2D eigenvalue weighted by Gasteiger charge is 2.52. The Labute approximate surface area is 210 Å². The van der Waals surface area contributed by atoms with Gasteiger partial charge in [0.1, 0.15) is 5.75 Å². The van der Waals surface area contributed by atoms with Crippen molar-refractivity contribution in [2.75, 3.05) is 13.7 Å². The molecule has 1 fully saturated rings. The number of aliphatic hydroxyl groups is 2. The predicted octanol–water partition coefficient (Wildman–Crippen LogP) is 3.44. The first-order chi connectivity index (χ1) is 17.0. The van der Waals surface area contributed by atoms with Crippen LogP contribution in [0.5, 0.6) is 5.75 Å². The van der Waals surface area contributed by atoms with Crippen LogP contribution in [0.2, 0.25) is 0 Å². The molecule has 1 aliphatic carbocycles. The van der Waals surface area contributed by atoms with Crippen molar-refractivity contribution in [3.8, 4) is 5.75 Å². The van der Waals surface area contributed by atoms with Crippen molar-refractivity contribution in [1.29, 1.82) is 0 Å². The molecule has 36 heavy (non-hydrogen) atoms. The number of Topliss-reactive ketones (excluding diaryl/α,β-unsaturated/α-hetero) is 1. The van der Waals surface area contributed by atoms with Gasteiger partial charge in [0.15, 0.2) is 0 Å². The maximum Gasteiger partial charge on any atom is 0.268 e. The van der Waals surface area contributed by atoms with Crippen LogP contribution in [0.25, 0.3) is 10.9 Å². The zero-order valence-electron chi connectivity index (χ0n) is 20.5. The Kier molecular flexibility index (Phi) is 5.85. The lowest BCUT2D eigenvalue weighted by Gasteiger charge is -2.49. The van der Waals surface area contributed by atoms with Gasteiger partial charge < -0.3 is 14.9 Å². The number of rotatable bonds is 6. The van der Waals surface area contributed by atoms with E-state index in [0.29, 0.717) is 35.9 Å². The number of carbonyl (C=O) groups excluding carboxylic acids is 1. The maximum atomic E-state index is 14.0. The standard InChI is InChI=1S/C27H30N2O6S/c1-26(2)17-12-13-27(32,16-30)22(14-17)24(28-26)25(31)21-15-29(23-7-5-4-6-20(21)23)36(33,34)19-10-8-18(35-3)9-11-19/h4-11,15,17,22,30,32H,12-14,16H2,1-3H3/t17-,22+,27+/m0/s1. The Bertz CT molecular complexity index is 1470. The first kappa shape index (κ1) is 24.7. The summed E-state index contributed by atoms with van der Waals surface area (Å²) in [5.41, 5.74) is -1.19. The third-order valence-corrected chi connectivity index (χ3v) is 9.57. The smallest absolute Gasteiger partial charge is 0.268 e. The van der Waals surface area contributed by atoms with Gasteiger partial charge in [-0.2, -0.15) is 0 Å². The number of hydrogen-bond acceptors (Lipinski definition) is 7. The summed E-state index contributed by atoms with van der Waals surface area (Å²) < 4.78 is 33.4. The van der Waals surface area contributed by atoms with Crippen LogP contribution < -0.4 is 4.74 Å². The molecule has 9 heteroatoms. The number of aliphatic imine (C=N–C) groups is 1. The summed E-state index contributed by atoms with van der Waals surface area (Å²) in [5, 5.41) is 21.6. The second-order valence-corrected chi connectivity index (χ2v) is 12.1. The third kappa shape index (κ3) is 3.77. The molecule has 5 rings (SSSR count). The molecular formula is C27H30N2O6S. The second kappa shape index (κ2) is 8.54. The average Bonchev–Trinajstić information content (AvgIpc) is 3.27. The zero-order valence-corrected chi connectivity index (χ0v) is 21.3. The number of methoxy groups -OCH3 is 1. The van der Waals surface area contributed by atoms with Crippen LogP contribution >= 0.6 is 0 Å². The fraction of sp³-hybridized carbons (Fsp3) is 0.407. The Morgan fingerprint density at radius 1 is 1.17 bits per heavy atom. The molecule has 2 bridgehead atoms. The molecule has 0 unspecified atom stereocenters. The molecule has 3 atom stereocenters. The van der Waals surface area contributed by atoms with Gasteiger partial charge in [0, 0.05) is 17.5 Å². The van der Waals surface area contributed by atoms with Crippen molar-refractivity contribution in [3.05, 3.63) is 60.3 Å². The van der Waals surface area contributed by atoms with Crippen molar-refractivity contribution >= 4 is 32.4 Å². The maximum absolute atomic E-state index is 14.0. The van der Waals surface area contributed by atoms with Gasteiger partial charge in [-0.15, -0.1) is 0 Å². The molecular weight excluding hydrogens is 480 g/mol. The van der Waals surface area contributed by atoms with Gasteiger partial charge >= 0.3 is 0 Å². The summed E-state index contributed by atoms with van der Waals surface area (Å²) in [5.74, 6) is -0.341. The van der Waals surface area contributed by atoms with Gasteiger partial charge in [-0.05, 0) is 69.4 Å². The lowest BCUT2D eigenvalue weighted by molar-refractivity contribution is -0.0840. The molecule has 3 aromatic rings. The van der Waals surface area contributed by atoms with E-state index in [9.17, 15) is 23.4 Å². The topological polar surface area (TPSA) is 118 Å². The minimum Gasteiger partial charge on any atom is -0.497 e. The van der Waals surface area contributed by atoms with E-state index in [1.54, 1.807) is 36.4 Å². The minimum atomic E-state index is -4.02. The minimum absolute atomic E-state index is 0.0592. The zero-order chi connectivity index (χ0) is 25.9. The van der Waals surface area contributed by atoms with Gasteiger partial charge in [-0.1, -0.05) is 18.2 Å². The number of aliphatic hydroxyl groups excluding tert-OH is 1. The van der Waals surface area contributed by atoms with Gasteiger partial charge in [-0.25, -0.2) is 12.4 Å². The summed E-state index contributed by atoms with van der Waals surface area (Å²) in [4.78, 5) is 18.9. The van der Waals surface area contributed by atoms with E-state index >= 15 is 0 Å². The number of ketones is 1.